The van der Waals surface area contributed by atoms with Gasteiger partial charge in [0, 0.05) is 36.5 Å². The van der Waals surface area contributed by atoms with Crippen molar-refractivity contribution in [2.45, 2.75) is 12.5 Å². The lowest BCUT2D eigenvalue weighted by molar-refractivity contribution is 0.242. The van der Waals surface area contributed by atoms with Crippen molar-refractivity contribution in [3.63, 3.8) is 0 Å². The number of nitrogens with zero attached hydrogens (tertiary/aromatic N) is 3. The Morgan fingerprint density at radius 1 is 1.38 bits per heavy atom. The van der Waals surface area contributed by atoms with Crippen molar-refractivity contribution < 1.29 is 9.13 Å². The lowest BCUT2D eigenvalue weighted by Gasteiger charge is -2.10. The van der Waals surface area contributed by atoms with Gasteiger partial charge in [-0.2, -0.15) is 5.10 Å². The predicted molar refractivity (Wildman–Crippen MR) is 75.6 cm³/mol. The highest BCUT2D eigenvalue weighted by atomic mass is 19.1. The van der Waals surface area contributed by atoms with E-state index in [9.17, 15) is 4.39 Å². The smallest absolute Gasteiger partial charge is 0.162 e. The Kier molecular flexibility index (Phi) is 2.65. The van der Waals surface area contributed by atoms with Gasteiger partial charge < -0.3 is 10.5 Å². The van der Waals surface area contributed by atoms with Crippen LogP contribution in [-0.2, 0) is 6.42 Å². The lowest BCUT2D eigenvalue weighted by Crippen LogP contribution is -2.24. The second-order valence-electron chi connectivity index (χ2n) is 5.07. The van der Waals surface area contributed by atoms with Crippen molar-refractivity contribution in [2.24, 2.45) is 5.73 Å². The molecule has 2 aromatic heterocycles. The summed E-state index contributed by atoms with van der Waals surface area (Å²) >= 11 is 0. The number of nitrogens with two attached hydrogens (primary N) is 1. The van der Waals surface area contributed by atoms with Crippen molar-refractivity contribution in [3.8, 4) is 16.9 Å². The molecule has 0 spiro atoms. The van der Waals surface area contributed by atoms with Gasteiger partial charge in [-0.05, 0) is 18.2 Å². The molecule has 6 heteroatoms. The highest BCUT2D eigenvalue weighted by Gasteiger charge is 2.27. The first kappa shape index (κ1) is 12.3. The van der Waals surface area contributed by atoms with E-state index in [1.807, 2.05) is 0 Å². The summed E-state index contributed by atoms with van der Waals surface area (Å²) in [5.41, 5.74) is 8.61. The molecule has 1 aromatic carbocycles. The molecule has 4 rings (SSSR count). The number of benzene rings is 1. The third kappa shape index (κ3) is 1.87. The summed E-state index contributed by atoms with van der Waals surface area (Å²) in [7, 11) is 0. The minimum Gasteiger partial charge on any atom is -0.488 e. The Labute approximate surface area is 120 Å². The van der Waals surface area contributed by atoms with E-state index in [0.717, 1.165) is 11.1 Å². The van der Waals surface area contributed by atoms with E-state index in [1.165, 1.54) is 12.1 Å². The minimum atomic E-state index is -0.291. The summed E-state index contributed by atoms with van der Waals surface area (Å²) in [6, 6.07) is 4.76. The van der Waals surface area contributed by atoms with Gasteiger partial charge in [0.15, 0.2) is 5.65 Å². The van der Waals surface area contributed by atoms with Crippen molar-refractivity contribution in [1.29, 1.82) is 0 Å². The van der Waals surface area contributed by atoms with E-state index < -0.39 is 0 Å². The molecule has 2 N–H and O–H groups in total. The summed E-state index contributed by atoms with van der Waals surface area (Å²) in [6.45, 7) is 0.406. The maximum Gasteiger partial charge on any atom is 0.162 e. The van der Waals surface area contributed by atoms with Crippen molar-refractivity contribution in [2.75, 3.05) is 6.54 Å². The molecule has 0 amide bonds. The fourth-order valence-electron chi connectivity index (χ4n) is 2.74. The average Bonchev–Trinajstić information content (AvgIpc) is 3.09. The Hall–Kier alpha value is -2.47. The van der Waals surface area contributed by atoms with Gasteiger partial charge in [-0.15, -0.1) is 0 Å². The highest BCUT2D eigenvalue weighted by Crippen LogP contribution is 2.40. The Morgan fingerprint density at radius 3 is 3.14 bits per heavy atom. The van der Waals surface area contributed by atoms with Crippen LogP contribution in [0, 0.1) is 5.82 Å². The zero-order valence-electron chi connectivity index (χ0n) is 11.2. The monoisotopic (exact) mass is 284 g/mol. The Bertz CT molecular complexity index is 830. The van der Waals surface area contributed by atoms with E-state index in [0.29, 0.717) is 29.9 Å². The fraction of sp³-hybridized carbons (Fsp3) is 0.200. The number of aromatic nitrogens is 3. The molecule has 21 heavy (non-hydrogen) atoms. The van der Waals surface area contributed by atoms with E-state index in [1.54, 1.807) is 29.2 Å². The molecule has 1 aliphatic rings. The largest absolute Gasteiger partial charge is 0.488 e. The van der Waals surface area contributed by atoms with Gasteiger partial charge in [-0.3, -0.25) is 0 Å². The molecule has 0 radical (unpaired) electrons. The second kappa shape index (κ2) is 4.53. The number of hydrogen-bond acceptors (Lipinski definition) is 4. The molecule has 3 heterocycles. The highest BCUT2D eigenvalue weighted by molar-refractivity contribution is 5.82. The third-order valence-corrected chi connectivity index (χ3v) is 3.70. The van der Waals surface area contributed by atoms with Gasteiger partial charge in [-0.25, -0.2) is 13.9 Å². The van der Waals surface area contributed by atoms with Crippen LogP contribution in [0.15, 0.2) is 36.8 Å². The number of halogens is 1. The maximum atomic E-state index is 13.9. The lowest BCUT2D eigenvalue weighted by atomic mass is 10.0. The van der Waals surface area contributed by atoms with Crippen LogP contribution in [0.4, 0.5) is 4.39 Å². The van der Waals surface area contributed by atoms with E-state index in [2.05, 4.69) is 10.1 Å². The molecule has 0 aliphatic carbocycles. The first-order chi connectivity index (χ1) is 10.3. The summed E-state index contributed by atoms with van der Waals surface area (Å²) in [4.78, 5) is 4.31. The van der Waals surface area contributed by atoms with E-state index in [-0.39, 0.29) is 11.9 Å². The first-order valence-electron chi connectivity index (χ1n) is 6.74. The molecule has 1 unspecified atom stereocenters. The van der Waals surface area contributed by atoms with Gasteiger partial charge in [0.2, 0.25) is 0 Å². The van der Waals surface area contributed by atoms with Crippen LogP contribution >= 0.6 is 0 Å². The maximum absolute atomic E-state index is 13.9. The summed E-state index contributed by atoms with van der Waals surface area (Å²) in [5.74, 6) is 0.396. The van der Waals surface area contributed by atoms with Gasteiger partial charge >= 0.3 is 0 Å². The zero-order chi connectivity index (χ0) is 14.4. The molecule has 0 saturated carbocycles. The predicted octanol–water partition coefficient (Wildman–Crippen LogP) is 1.80. The fourth-order valence-corrected chi connectivity index (χ4v) is 2.74. The molecule has 0 fully saturated rings. The SMILES string of the molecule is NCC1Cc2cc(F)cc(-c3cnn4cccnc34)c2O1. The van der Waals surface area contributed by atoms with Crippen LogP contribution in [0.1, 0.15) is 5.56 Å². The second-order valence-corrected chi connectivity index (χ2v) is 5.07. The molecule has 1 aliphatic heterocycles. The Morgan fingerprint density at radius 2 is 2.29 bits per heavy atom. The van der Waals surface area contributed by atoms with Crippen LogP contribution in [0.25, 0.3) is 16.8 Å². The topological polar surface area (TPSA) is 65.4 Å². The standard InChI is InChI=1S/C15H13FN4O/c16-10-4-9-5-11(7-17)21-14(9)12(6-10)13-8-19-20-3-1-2-18-15(13)20/h1-4,6,8,11H,5,7,17H2. The minimum absolute atomic E-state index is 0.102. The third-order valence-electron chi connectivity index (χ3n) is 3.70. The molecule has 1 atom stereocenters. The van der Waals surface area contributed by atoms with Crippen LogP contribution in [0.5, 0.6) is 5.75 Å². The van der Waals surface area contributed by atoms with Gasteiger partial charge in [-0.1, -0.05) is 0 Å². The van der Waals surface area contributed by atoms with E-state index in [4.69, 9.17) is 10.5 Å². The quantitative estimate of drug-likeness (QED) is 0.779. The van der Waals surface area contributed by atoms with Crippen LogP contribution in [0.2, 0.25) is 0 Å². The summed E-state index contributed by atoms with van der Waals surface area (Å²) in [5, 5.41) is 4.24. The Balaban J connectivity index is 1.94. The normalized spacial score (nSPS) is 17.0. The van der Waals surface area contributed by atoms with Crippen LogP contribution < -0.4 is 10.5 Å². The average molecular weight is 284 g/mol. The van der Waals surface area contributed by atoms with Crippen molar-refractivity contribution >= 4 is 5.65 Å². The molecule has 3 aromatic rings. The number of fused-ring (bicyclic) bond motifs is 2. The summed E-state index contributed by atoms with van der Waals surface area (Å²) < 4.78 is 21.4. The van der Waals surface area contributed by atoms with Crippen LogP contribution in [-0.4, -0.2) is 27.2 Å². The van der Waals surface area contributed by atoms with Crippen molar-refractivity contribution in [3.05, 3.63) is 48.2 Å². The number of hydrogen-bond donors (Lipinski definition) is 1. The number of ether oxygens (including phenoxy) is 1. The van der Waals surface area contributed by atoms with E-state index >= 15 is 0 Å². The van der Waals surface area contributed by atoms with Gasteiger partial charge in [0.25, 0.3) is 0 Å². The molecule has 0 saturated heterocycles. The van der Waals surface area contributed by atoms with Gasteiger partial charge in [0.1, 0.15) is 17.7 Å². The zero-order valence-corrected chi connectivity index (χ0v) is 11.2. The number of rotatable bonds is 2. The molecular weight excluding hydrogens is 271 g/mol. The molecule has 0 bridgehead atoms. The van der Waals surface area contributed by atoms with Crippen LogP contribution in [0.3, 0.4) is 0 Å². The molecular formula is C15H13FN4O. The molecule has 5 nitrogen and oxygen atoms in total. The molecule has 106 valence electrons. The first-order valence-corrected chi connectivity index (χ1v) is 6.74. The van der Waals surface area contributed by atoms with Crippen molar-refractivity contribution in [1.82, 2.24) is 14.6 Å². The summed E-state index contributed by atoms with van der Waals surface area (Å²) in [6.07, 6.45) is 5.69. The van der Waals surface area contributed by atoms with Gasteiger partial charge in [0.05, 0.1) is 11.8 Å².